The summed E-state index contributed by atoms with van der Waals surface area (Å²) in [6, 6.07) is 19.0. The molecule has 0 N–H and O–H groups in total. The monoisotopic (exact) mass is 401 g/mol. The van der Waals surface area contributed by atoms with Crippen LogP contribution in [0.1, 0.15) is 18.4 Å². The highest BCUT2D eigenvalue weighted by Crippen LogP contribution is 2.40. The van der Waals surface area contributed by atoms with Crippen molar-refractivity contribution in [1.29, 1.82) is 0 Å². The standard InChI is InChI=1S/C22H15N3O5/c26-20-13-22(12-19(23-30-22)16-6-3-7-18(11-16)25(28)29)21(27)24(20)17-9-8-14-4-1-2-5-15(14)10-17/h1-11H,12-13H2/t22-/m0/s1. The van der Waals surface area contributed by atoms with Gasteiger partial charge in [-0.05, 0) is 22.9 Å². The minimum Gasteiger partial charge on any atom is -0.378 e. The summed E-state index contributed by atoms with van der Waals surface area (Å²) in [5.41, 5.74) is -0.121. The fourth-order valence-electron chi connectivity index (χ4n) is 3.93. The Balaban J connectivity index is 1.44. The topological polar surface area (TPSA) is 102 Å². The molecular weight excluding hydrogens is 386 g/mol. The second-order valence-corrected chi connectivity index (χ2v) is 7.35. The first-order valence-electron chi connectivity index (χ1n) is 9.33. The molecule has 0 bridgehead atoms. The van der Waals surface area contributed by atoms with Gasteiger partial charge < -0.3 is 4.84 Å². The van der Waals surface area contributed by atoms with Crippen molar-refractivity contribution in [2.45, 2.75) is 18.4 Å². The lowest BCUT2D eigenvalue weighted by Gasteiger charge is -2.19. The van der Waals surface area contributed by atoms with Crippen molar-refractivity contribution in [2.24, 2.45) is 5.16 Å². The maximum absolute atomic E-state index is 13.2. The van der Waals surface area contributed by atoms with Gasteiger partial charge in [-0.25, -0.2) is 4.90 Å². The molecule has 2 aliphatic heterocycles. The number of non-ortho nitro benzene ring substituents is 1. The molecule has 5 rings (SSSR count). The summed E-state index contributed by atoms with van der Waals surface area (Å²) < 4.78 is 0. The number of nitro benzene ring substituents is 1. The smallest absolute Gasteiger partial charge is 0.281 e. The average Bonchev–Trinajstić information content (AvgIpc) is 3.29. The van der Waals surface area contributed by atoms with Crippen LogP contribution in [0.3, 0.4) is 0 Å². The van der Waals surface area contributed by atoms with E-state index < -0.39 is 16.4 Å². The van der Waals surface area contributed by atoms with E-state index in [0.717, 1.165) is 15.7 Å². The number of benzene rings is 3. The molecule has 8 nitrogen and oxygen atoms in total. The predicted molar refractivity (Wildman–Crippen MR) is 109 cm³/mol. The zero-order chi connectivity index (χ0) is 20.9. The molecule has 2 heterocycles. The molecule has 0 saturated carbocycles. The van der Waals surface area contributed by atoms with Crippen LogP contribution in [0, 0.1) is 10.1 Å². The summed E-state index contributed by atoms with van der Waals surface area (Å²) in [5.74, 6) is -0.849. The maximum atomic E-state index is 13.2. The molecule has 1 saturated heterocycles. The van der Waals surface area contributed by atoms with E-state index in [1.165, 1.54) is 12.1 Å². The van der Waals surface area contributed by atoms with E-state index >= 15 is 0 Å². The minimum absolute atomic E-state index is 0.0722. The summed E-state index contributed by atoms with van der Waals surface area (Å²) >= 11 is 0. The molecule has 0 aliphatic carbocycles. The molecule has 2 aliphatic rings. The largest absolute Gasteiger partial charge is 0.378 e. The quantitative estimate of drug-likeness (QED) is 0.379. The zero-order valence-corrected chi connectivity index (χ0v) is 15.6. The lowest BCUT2D eigenvalue weighted by atomic mass is 9.92. The minimum atomic E-state index is -1.41. The number of oxime groups is 1. The molecular formula is C22H15N3O5. The van der Waals surface area contributed by atoms with Gasteiger partial charge in [0.15, 0.2) is 0 Å². The third-order valence-corrected chi connectivity index (χ3v) is 5.44. The Hall–Kier alpha value is -4.07. The third-order valence-electron chi connectivity index (χ3n) is 5.44. The second kappa shape index (κ2) is 6.48. The highest BCUT2D eigenvalue weighted by molar-refractivity contribution is 6.26. The van der Waals surface area contributed by atoms with E-state index in [1.807, 2.05) is 30.3 Å². The molecule has 0 radical (unpaired) electrons. The van der Waals surface area contributed by atoms with Crippen LogP contribution in [-0.2, 0) is 14.4 Å². The number of fused-ring (bicyclic) bond motifs is 1. The number of hydrogen-bond donors (Lipinski definition) is 0. The average molecular weight is 401 g/mol. The van der Waals surface area contributed by atoms with Gasteiger partial charge in [0.25, 0.3) is 11.6 Å². The van der Waals surface area contributed by atoms with Crippen molar-refractivity contribution >= 4 is 39.7 Å². The summed E-state index contributed by atoms with van der Waals surface area (Å²) in [7, 11) is 0. The highest BCUT2D eigenvalue weighted by Gasteiger charge is 2.58. The molecule has 8 heteroatoms. The van der Waals surface area contributed by atoms with Crippen LogP contribution in [0.15, 0.2) is 71.9 Å². The van der Waals surface area contributed by atoms with Crippen molar-refractivity contribution in [2.75, 3.05) is 4.90 Å². The van der Waals surface area contributed by atoms with Crippen LogP contribution in [0.2, 0.25) is 0 Å². The maximum Gasteiger partial charge on any atom is 0.281 e. The SMILES string of the molecule is O=C1C[C@@]2(CC(c3cccc([N+](=O)[O-])c3)=NO2)C(=O)N1c1ccc2ccccc2c1. The number of rotatable bonds is 3. The van der Waals surface area contributed by atoms with E-state index in [1.54, 1.807) is 24.3 Å². The van der Waals surface area contributed by atoms with Gasteiger partial charge in [0, 0.05) is 24.1 Å². The van der Waals surface area contributed by atoms with Gasteiger partial charge in [-0.2, -0.15) is 0 Å². The second-order valence-electron chi connectivity index (χ2n) is 7.35. The first-order chi connectivity index (χ1) is 14.5. The Morgan fingerprint density at radius 3 is 2.57 bits per heavy atom. The van der Waals surface area contributed by atoms with Crippen molar-refractivity contribution in [1.82, 2.24) is 0 Å². The summed E-state index contributed by atoms with van der Waals surface area (Å²) in [5, 5.41) is 17.0. The van der Waals surface area contributed by atoms with Crippen molar-refractivity contribution in [3.63, 3.8) is 0 Å². The Kier molecular flexibility index (Phi) is 3.89. The van der Waals surface area contributed by atoms with Crippen LogP contribution in [0.4, 0.5) is 11.4 Å². The molecule has 1 spiro atoms. The molecule has 0 unspecified atom stereocenters. The predicted octanol–water partition coefficient (Wildman–Crippen LogP) is 3.57. The van der Waals surface area contributed by atoms with Gasteiger partial charge in [0.05, 0.1) is 22.7 Å². The van der Waals surface area contributed by atoms with Crippen molar-refractivity contribution in [3.05, 3.63) is 82.4 Å². The number of amides is 2. The van der Waals surface area contributed by atoms with Crippen LogP contribution in [0.5, 0.6) is 0 Å². The molecule has 3 aromatic rings. The lowest BCUT2D eigenvalue weighted by molar-refractivity contribution is -0.384. The fourth-order valence-corrected chi connectivity index (χ4v) is 3.93. The van der Waals surface area contributed by atoms with E-state index in [0.29, 0.717) is 17.0 Å². The van der Waals surface area contributed by atoms with Crippen LogP contribution < -0.4 is 4.90 Å². The van der Waals surface area contributed by atoms with E-state index in [9.17, 15) is 19.7 Å². The lowest BCUT2D eigenvalue weighted by Crippen LogP contribution is -2.40. The summed E-state index contributed by atoms with van der Waals surface area (Å²) in [4.78, 5) is 43.2. The van der Waals surface area contributed by atoms with Gasteiger partial charge in [-0.3, -0.25) is 19.7 Å². The van der Waals surface area contributed by atoms with E-state index in [4.69, 9.17) is 4.84 Å². The Bertz CT molecular complexity index is 1270. The molecule has 1 fully saturated rings. The molecule has 1 atom stereocenters. The summed E-state index contributed by atoms with van der Waals surface area (Å²) in [6.45, 7) is 0. The number of anilines is 1. The normalized spacial score (nSPS) is 20.7. The van der Waals surface area contributed by atoms with Gasteiger partial charge in [0.1, 0.15) is 0 Å². The highest BCUT2D eigenvalue weighted by atomic mass is 16.7. The van der Waals surface area contributed by atoms with Crippen molar-refractivity contribution in [3.8, 4) is 0 Å². The Morgan fingerprint density at radius 1 is 0.967 bits per heavy atom. The van der Waals surface area contributed by atoms with Crippen molar-refractivity contribution < 1.29 is 19.3 Å². The third kappa shape index (κ3) is 2.73. The van der Waals surface area contributed by atoms with Crippen LogP contribution in [-0.4, -0.2) is 28.1 Å². The van der Waals surface area contributed by atoms with Crippen LogP contribution >= 0.6 is 0 Å². The number of imide groups is 1. The van der Waals surface area contributed by atoms with Gasteiger partial charge in [-0.1, -0.05) is 47.6 Å². The number of hydrogen-bond acceptors (Lipinski definition) is 6. The molecule has 148 valence electrons. The fraction of sp³-hybridized carbons (Fsp3) is 0.136. The van der Waals surface area contributed by atoms with E-state index in [-0.39, 0.29) is 24.4 Å². The molecule has 3 aromatic carbocycles. The Morgan fingerprint density at radius 2 is 1.77 bits per heavy atom. The number of carbonyl (C=O) groups excluding carboxylic acids is 2. The zero-order valence-electron chi connectivity index (χ0n) is 15.6. The molecule has 2 amide bonds. The van der Waals surface area contributed by atoms with Gasteiger partial charge in [-0.15, -0.1) is 0 Å². The number of carbonyl (C=O) groups is 2. The van der Waals surface area contributed by atoms with Crippen LogP contribution in [0.25, 0.3) is 10.8 Å². The molecule has 30 heavy (non-hydrogen) atoms. The Labute approximate surface area is 170 Å². The van der Waals surface area contributed by atoms with Gasteiger partial charge in [0.2, 0.25) is 11.5 Å². The summed E-state index contributed by atoms with van der Waals surface area (Å²) in [6.07, 6.45) is -0.0661. The van der Waals surface area contributed by atoms with E-state index in [2.05, 4.69) is 5.16 Å². The van der Waals surface area contributed by atoms with Gasteiger partial charge >= 0.3 is 0 Å². The molecule has 0 aromatic heterocycles. The number of nitro groups is 1. The first kappa shape index (κ1) is 18.0. The first-order valence-corrected chi connectivity index (χ1v) is 9.33. The number of nitrogens with zero attached hydrogens (tertiary/aromatic N) is 3.